The van der Waals surface area contributed by atoms with Crippen LogP contribution in [0.2, 0.25) is 0 Å². The summed E-state index contributed by atoms with van der Waals surface area (Å²) < 4.78 is 5.29. The minimum Gasteiger partial charge on any atom is -0.449 e. The molecule has 1 aromatic heterocycles. The summed E-state index contributed by atoms with van der Waals surface area (Å²) in [5.74, 6) is -1.67. The lowest BCUT2D eigenvalue weighted by atomic mass is 10.0. The molecule has 0 spiro atoms. The normalized spacial score (nSPS) is 13.9. The summed E-state index contributed by atoms with van der Waals surface area (Å²) in [4.78, 5) is 48.4. The molecule has 8 nitrogen and oxygen atoms in total. The van der Waals surface area contributed by atoms with Gasteiger partial charge in [0.25, 0.3) is 5.91 Å². The average Bonchev–Trinajstić information content (AvgIpc) is 3.49. The van der Waals surface area contributed by atoms with Gasteiger partial charge in [0.1, 0.15) is 10.6 Å². The molecule has 2 aromatic rings. The summed E-state index contributed by atoms with van der Waals surface area (Å²) in [5.41, 5.74) is 1.57. The number of benzene rings is 1. The van der Waals surface area contributed by atoms with Crippen LogP contribution in [-0.4, -0.2) is 37.0 Å². The van der Waals surface area contributed by atoms with Gasteiger partial charge in [0, 0.05) is 23.9 Å². The Bertz CT molecular complexity index is 937. The third-order valence-electron chi connectivity index (χ3n) is 4.38. The number of hydrogen-bond acceptors (Lipinski definition) is 6. The first kappa shape index (κ1) is 20.5. The lowest BCUT2D eigenvalue weighted by Gasteiger charge is -2.14. The summed E-state index contributed by atoms with van der Waals surface area (Å²) in [6.45, 7) is 1.37. The van der Waals surface area contributed by atoms with Crippen molar-refractivity contribution >= 4 is 40.2 Å². The van der Waals surface area contributed by atoms with E-state index in [1.54, 1.807) is 5.38 Å². The first-order chi connectivity index (χ1) is 13.9. The van der Waals surface area contributed by atoms with E-state index in [0.29, 0.717) is 10.6 Å². The van der Waals surface area contributed by atoms with Gasteiger partial charge >= 0.3 is 12.0 Å². The topological polar surface area (TPSA) is 114 Å². The Labute approximate surface area is 171 Å². The molecule has 0 radical (unpaired) electrons. The molecule has 3 rings (SSSR count). The molecule has 1 fully saturated rings. The van der Waals surface area contributed by atoms with Crippen LogP contribution >= 0.6 is 11.3 Å². The van der Waals surface area contributed by atoms with E-state index < -0.39 is 24.0 Å². The molecular weight excluding hydrogens is 394 g/mol. The second kappa shape index (κ2) is 8.87. The minimum atomic E-state index is -1.20. The average molecular weight is 415 g/mol. The standard InChI is InChI=1S/C20H21N3O5S/c1-11(16(24)23-20(27)21-2)28-19(26)15-14(12-6-4-3-5-7-12)10-29-18(15)22-17(25)13-8-9-13/h3-7,10-11,13H,8-9H2,1-2H3,(H,22,25)(H2,21,23,24,27)/t11-/m1/s1. The van der Waals surface area contributed by atoms with Crippen LogP contribution in [-0.2, 0) is 14.3 Å². The molecule has 152 valence electrons. The Kier molecular flexibility index (Phi) is 6.28. The molecular formula is C20H21N3O5S. The largest absolute Gasteiger partial charge is 0.449 e. The lowest BCUT2D eigenvalue weighted by Crippen LogP contribution is -2.43. The first-order valence-electron chi connectivity index (χ1n) is 9.12. The highest BCUT2D eigenvalue weighted by Gasteiger charge is 2.32. The number of rotatable bonds is 6. The second-order valence-electron chi connectivity index (χ2n) is 6.60. The highest BCUT2D eigenvalue weighted by atomic mass is 32.1. The summed E-state index contributed by atoms with van der Waals surface area (Å²) in [6.07, 6.45) is 0.466. The van der Waals surface area contributed by atoms with E-state index in [1.807, 2.05) is 30.3 Å². The van der Waals surface area contributed by atoms with E-state index in [2.05, 4.69) is 16.0 Å². The molecule has 0 unspecified atom stereocenters. The van der Waals surface area contributed by atoms with Gasteiger partial charge in [0.2, 0.25) is 5.91 Å². The molecule has 1 saturated carbocycles. The highest BCUT2D eigenvalue weighted by molar-refractivity contribution is 7.15. The lowest BCUT2D eigenvalue weighted by molar-refractivity contribution is -0.128. The maximum Gasteiger partial charge on any atom is 0.342 e. The van der Waals surface area contributed by atoms with Crippen LogP contribution in [0.1, 0.15) is 30.1 Å². The molecule has 1 heterocycles. The van der Waals surface area contributed by atoms with Gasteiger partial charge in [-0.2, -0.15) is 0 Å². The molecule has 1 aromatic carbocycles. The molecule has 1 aliphatic rings. The van der Waals surface area contributed by atoms with Gasteiger partial charge < -0.3 is 15.4 Å². The summed E-state index contributed by atoms with van der Waals surface area (Å²) >= 11 is 1.23. The van der Waals surface area contributed by atoms with E-state index in [9.17, 15) is 19.2 Å². The van der Waals surface area contributed by atoms with Crippen LogP contribution in [0.3, 0.4) is 0 Å². The van der Waals surface area contributed by atoms with Gasteiger partial charge in [0.15, 0.2) is 6.10 Å². The number of imide groups is 1. The summed E-state index contributed by atoms with van der Waals surface area (Å²) in [5, 5.41) is 9.26. The number of amides is 4. The van der Waals surface area contributed by atoms with Crippen molar-refractivity contribution < 1.29 is 23.9 Å². The van der Waals surface area contributed by atoms with Crippen LogP contribution in [0.4, 0.5) is 9.80 Å². The zero-order chi connectivity index (χ0) is 21.0. The van der Waals surface area contributed by atoms with Crippen molar-refractivity contribution in [3.63, 3.8) is 0 Å². The van der Waals surface area contributed by atoms with Crippen molar-refractivity contribution in [2.24, 2.45) is 5.92 Å². The Morgan fingerprint density at radius 3 is 2.45 bits per heavy atom. The molecule has 1 atom stereocenters. The number of carbonyl (C=O) groups is 4. The number of carbonyl (C=O) groups excluding carboxylic acids is 4. The van der Waals surface area contributed by atoms with Crippen molar-refractivity contribution in [3.8, 4) is 11.1 Å². The number of ether oxygens (including phenoxy) is 1. The first-order valence-corrected chi connectivity index (χ1v) is 10.00. The maximum atomic E-state index is 12.9. The molecule has 0 aliphatic heterocycles. The maximum absolute atomic E-state index is 12.9. The monoisotopic (exact) mass is 415 g/mol. The smallest absolute Gasteiger partial charge is 0.342 e. The Morgan fingerprint density at radius 1 is 1.14 bits per heavy atom. The van der Waals surface area contributed by atoms with Crippen molar-refractivity contribution in [2.75, 3.05) is 12.4 Å². The summed E-state index contributed by atoms with van der Waals surface area (Å²) in [7, 11) is 1.37. The summed E-state index contributed by atoms with van der Waals surface area (Å²) in [6, 6.07) is 8.51. The minimum absolute atomic E-state index is 0.0293. The number of esters is 1. The van der Waals surface area contributed by atoms with Crippen LogP contribution in [0.15, 0.2) is 35.7 Å². The van der Waals surface area contributed by atoms with Gasteiger partial charge in [-0.1, -0.05) is 30.3 Å². The van der Waals surface area contributed by atoms with Gasteiger partial charge in [-0.25, -0.2) is 9.59 Å². The van der Waals surface area contributed by atoms with Gasteiger partial charge in [-0.15, -0.1) is 11.3 Å². The zero-order valence-corrected chi connectivity index (χ0v) is 16.8. The van der Waals surface area contributed by atoms with E-state index in [1.165, 1.54) is 25.3 Å². The predicted octanol–water partition coefficient (Wildman–Crippen LogP) is 2.76. The van der Waals surface area contributed by atoms with Crippen LogP contribution in [0, 0.1) is 5.92 Å². The SMILES string of the molecule is CNC(=O)NC(=O)[C@@H](C)OC(=O)c1c(-c2ccccc2)csc1NC(=O)C1CC1. The predicted molar refractivity (Wildman–Crippen MR) is 109 cm³/mol. The molecule has 0 bridgehead atoms. The molecule has 4 amide bonds. The molecule has 1 aliphatic carbocycles. The Hall–Kier alpha value is -3.20. The zero-order valence-electron chi connectivity index (χ0n) is 16.0. The quantitative estimate of drug-likeness (QED) is 0.628. The number of anilines is 1. The number of hydrogen-bond donors (Lipinski definition) is 3. The van der Waals surface area contributed by atoms with Gasteiger partial charge in [-0.05, 0) is 25.3 Å². The number of nitrogens with one attached hydrogen (secondary N) is 3. The van der Waals surface area contributed by atoms with E-state index >= 15 is 0 Å². The third kappa shape index (κ3) is 5.00. The Balaban J connectivity index is 1.85. The third-order valence-corrected chi connectivity index (χ3v) is 5.28. The van der Waals surface area contributed by atoms with Crippen LogP contribution < -0.4 is 16.0 Å². The van der Waals surface area contributed by atoms with E-state index in [4.69, 9.17) is 4.74 Å². The fraction of sp³-hybridized carbons (Fsp3) is 0.300. The van der Waals surface area contributed by atoms with Crippen molar-refractivity contribution in [1.82, 2.24) is 10.6 Å². The molecule has 9 heteroatoms. The van der Waals surface area contributed by atoms with Crippen LogP contribution in [0.25, 0.3) is 11.1 Å². The van der Waals surface area contributed by atoms with Crippen molar-refractivity contribution in [2.45, 2.75) is 25.9 Å². The van der Waals surface area contributed by atoms with Crippen molar-refractivity contribution in [3.05, 3.63) is 41.3 Å². The van der Waals surface area contributed by atoms with Gasteiger partial charge in [-0.3, -0.25) is 14.9 Å². The molecule has 3 N–H and O–H groups in total. The van der Waals surface area contributed by atoms with E-state index in [0.717, 1.165) is 18.4 Å². The molecule has 0 saturated heterocycles. The fourth-order valence-electron chi connectivity index (χ4n) is 2.59. The van der Waals surface area contributed by atoms with Crippen molar-refractivity contribution in [1.29, 1.82) is 0 Å². The molecule has 29 heavy (non-hydrogen) atoms. The number of thiophene rings is 1. The number of urea groups is 1. The van der Waals surface area contributed by atoms with Gasteiger partial charge in [0.05, 0.1) is 0 Å². The fourth-order valence-corrected chi connectivity index (χ4v) is 3.55. The Morgan fingerprint density at radius 2 is 1.83 bits per heavy atom. The van der Waals surface area contributed by atoms with Crippen LogP contribution in [0.5, 0.6) is 0 Å². The second-order valence-corrected chi connectivity index (χ2v) is 7.48. The van der Waals surface area contributed by atoms with E-state index in [-0.39, 0.29) is 17.4 Å². The highest BCUT2D eigenvalue weighted by Crippen LogP contribution is 2.38.